The molecule has 2 N–H and O–H groups in total. The zero-order valence-electron chi connectivity index (χ0n) is 14.6. The van der Waals surface area contributed by atoms with E-state index in [1.54, 1.807) is 0 Å². The highest BCUT2D eigenvalue weighted by atomic mass is 16.5. The number of rotatable bonds is 7. The average Bonchev–Trinajstić information content (AvgIpc) is 3.12. The van der Waals surface area contributed by atoms with Crippen molar-refractivity contribution in [3.63, 3.8) is 0 Å². The molecule has 2 fully saturated rings. The predicted octanol–water partition coefficient (Wildman–Crippen LogP) is 0.715. The predicted molar refractivity (Wildman–Crippen MR) is 95.1 cm³/mol. The van der Waals surface area contributed by atoms with Gasteiger partial charge in [-0.05, 0) is 24.8 Å². The summed E-state index contributed by atoms with van der Waals surface area (Å²) in [5.41, 5.74) is 1.19. The van der Waals surface area contributed by atoms with Crippen molar-refractivity contribution in [2.75, 3.05) is 32.8 Å². The number of piperazine rings is 1. The fourth-order valence-corrected chi connectivity index (χ4v) is 3.42. The number of ether oxygens (including phenoxy) is 1. The Labute approximate surface area is 148 Å². The normalized spacial score (nSPS) is 23.7. The first-order valence-electron chi connectivity index (χ1n) is 9.17. The maximum absolute atomic E-state index is 12.6. The first-order valence-corrected chi connectivity index (χ1v) is 9.17. The first kappa shape index (κ1) is 17.9. The fourth-order valence-electron chi connectivity index (χ4n) is 3.42. The largest absolute Gasteiger partial charge is 0.376 e. The third-order valence-corrected chi connectivity index (χ3v) is 4.80. The van der Waals surface area contributed by atoms with Crippen LogP contribution >= 0.6 is 0 Å². The summed E-state index contributed by atoms with van der Waals surface area (Å²) in [4.78, 5) is 26.6. The van der Waals surface area contributed by atoms with E-state index < -0.39 is 6.04 Å². The van der Waals surface area contributed by atoms with Crippen molar-refractivity contribution in [3.05, 3.63) is 35.9 Å². The number of nitrogens with zero attached hydrogens (tertiary/aromatic N) is 1. The monoisotopic (exact) mass is 345 g/mol. The van der Waals surface area contributed by atoms with E-state index in [-0.39, 0.29) is 24.3 Å². The Bertz CT molecular complexity index is 573. The quantitative estimate of drug-likeness (QED) is 0.764. The zero-order valence-corrected chi connectivity index (χ0v) is 14.6. The number of carbonyl (C=O) groups excluding carboxylic acids is 2. The van der Waals surface area contributed by atoms with Crippen LogP contribution in [0.1, 0.15) is 24.8 Å². The van der Waals surface area contributed by atoms with Gasteiger partial charge in [0.25, 0.3) is 0 Å². The van der Waals surface area contributed by atoms with Crippen molar-refractivity contribution in [2.45, 2.75) is 37.8 Å². The molecule has 0 saturated carbocycles. The number of amides is 2. The maximum Gasteiger partial charge on any atom is 0.240 e. The lowest BCUT2D eigenvalue weighted by molar-refractivity contribution is -0.139. The van der Waals surface area contributed by atoms with Crippen LogP contribution in [0.25, 0.3) is 0 Å². The van der Waals surface area contributed by atoms with Gasteiger partial charge in [-0.15, -0.1) is 0 Å². The second-order valence-electron chi connectivity index (χ2n) is 6.72. The lowest BCUT2D eigenvalue weighted by atomic mass is 10.1. The van der Waals surface area contributed by atoms with Gasteiger partial charge in [0.2, 0.25) is 11.8 Å². The molecule has 2 amide bonds. The van der Waals surface area contributed by atoms with Crippen molar-refractivity contribution in [1.82, 2.24) is 15.5 Å². The molecule has 2 aliphatic heterocycles. The number of nitrogens with one attached hydrogen (secondary N) is 2. The third kappa shape index (κ3) is 5.28. The van der Waals surface area contributed by atoms with E-state index in [1.807, 2.05) is 35.2 Å². The highest BCUT2D eigenvalue weighted by Gasteiger charge is 2.32. The Balaban J connectivity index is 1.41. The molecule has 1 aromatic carbocycles. The molecule has 25 heavy (non-hydrogen) atoms. The Morgan fingerprint density at radius 1 is 1.32 bits per heavy atom. The van der Waals surface area contributed by atoms with Crippen LogP contribution < -0.4 is 10.6 Å². The second kappa shape index (κ2) is 8.97. The van der Waals surface area contributed by atoms with E-state index in [4.69, 9.17) is 4.74 Å². The van der Waals surface area contributed by atoms with Crippen LogP contribution in [0.15, 0.2) is 30.3 Å². The molecule has 0 bridgehead atoms. The molecule has 6 nitrogen and oxygen atoms in total. The van der Waals surface area contributed by atoms with Crippen LogP contribution in [-0.4, -0.2) is 61.6 Å². The molecule has 1 aromatic rings. The summed E-state index contributed by atoms with van der Waals surface area (Å²) in [6.45, 7) is 3.43. The van der Waals surface area contributed by atoms with Gasteiger partial charge < -0.3 is 20.3 Å². The topological polar surface area (TPSA) is 70.7 Å². The van der Waals surface area contributed by atoms with Gasteiger partial charge in [-0.1, -0.05) is 30.3 Å². The maximum atomic E-state index is 12.6. The Kier molecular flexibility index (Phi) is 6.42. The zero-order chi connectivity index (χ0) is 17.5. The number of benzene rings is 1. The first-order chi connectivity index (χ1) is 12.2. The molecule has 0 radical (unpaired) electrons. The number of carbonyl (C=O) groups is 2. The van der Waals surface area contributed by atoms with Gasteiger partial charge in [0.05, 0.1) is 18.6 Å². The molecule has 2 aliphatic rings. The average molecular weight is 345 g/mol. The molecule has 2 atom stereocenters. The standard InChI is InChI=1S/C19H27N3O3/c23-18(21-9-8-15-5-2-1-3-6-15)13-17-19(24)22(11-10-20-17)14-16-7-4-12-25-16/h1-3,5-6,16-17,20H,4,7-14H2,(H,21,23). The summed E-state index contributed by atoms with van der Waals surface area (Å²) >= 11 is 0. The summed E-state index contributed by atoms with van der Waals surface area (Å²) < 4.78 is 5.62. The van der Waals surface area contributed by atoms with Gasteiger partial charge in [0.15, 0.2) is 0 Å². The lowest BCUT2D eigenvalue weighted by Gasteiger charge is -2.34. The van der Waals surface area contributed by atoms with E-state index in [0.29, 0.717) is 19.6 Å². The number of hydrogen-bond donors (Lipinski definition) is 2. The van der Waals surface area contributed by atoms with Crippen LogP contribution in [0, 0.1) is 0 Å². The molecule has 0 aromatic heterocycles. The van der Waals surface area contributed by atoms with Crippen molar-refractivity contribution in [3.8, 4) is 0 Å². The van der Waals surface area contributed by atoms with Gasteiger partial charge in [-0.25, -0.2) is 0 Å². The highest BCUT2D eigenvalue weighted by molar-refractivity contribution is 5.88. The van der Waals surface area contributed by atoms with E-state index in [0.717, 1.165) is 32.4 Å². The minimum Gasteiger partial charge on any atom is -0.376 e. The second-order valence-corrected chi connectivity index (χ2v) is 6.72. The molecule has 2 unspecified atom stereocenters. The van der Waals surface area contributed by atoms with E-state index >= 15 is 0 Å². The van der Waals surface area contributed by atoms with Crippen molar-refractivity contribution >= 4 is 11.8 Å². The van der Waals surface area contributed by atoms with E-state index in [2.05, 4.69) is 10.6 Å². The summed E-state index contributed by atoms with van der Waals surface area (Å²) in [6, 6.07) is 9.62. The smallest absolute Gasteiger partial charge is 0.240 e. The third-order valence-electron chi connectivity index (χ3n) is 4.80. The van der Waals surface area contributed by atoms with Crippen molar-refractivity contribution in [2.24, 2.45) is 0 Å². The number of hydrogen-bond acceptors (Lipinski definition) is 4. The highest BCUT2D eigenvalue weighted by Crippen LogP contribution is 2.15. The Morgan fingerprint density at radius 2 is 2.16 bits per heavy atom. The van der Waals surface area contributed by atoms with Crippen molar-refractivity contribution in [1.29, 1.82) is 0 Å². The Morgan fingerprint density at radius 3 is 2.92 bits per heavy atom. The molecule has 2 heterocycles. The van der Waals surface area contributed by atoms with E-state index in [1.165, 1.54) is 5.56 Å². The Hall–Kier alpha value is -1.92. The van der Waals surface area contributed by atoms with Gasteiger partial charge in [-0.2, -0.15) is 0 Å². The lowest BCUT2D eigenvalue weighted by Crippen LogP contribution is -2.57. The van der Waals surface area contributed by atoms with Gasteiger partial charge in [0.1, 0.15) is 0 Å². The summed E-state index contributed by atoms with van der Waals surface area (Å²) in [5.74, 6) is -0.0688. The van der Waals surface area contributed by atoms with Crippen LogP contribution in [0.2, 0.25) is 0 Å². The van der Waals surface area contributed by atoms with Crippen LogP contribution in [0.3, 0.4) is 0 Å². The van der Waals surface area contributed by atoms with Crippen molar-refractivity contribution < 1.29 is 14.3 Å². The minimum atomic E-state index is -0.424. The molecule has 3 rings (SSSR count). The van der Waals surface area contributed by atoms with Crippen LogP contribution in [0.5, 0.6) is 0 Å². The van der Waals surface area contributed by atoms with Gasteiger partial charge in [-0.3, -0.25) is 9.59 Å². The molecule has 136 valence electrons. The molecule has 0 spiro atoms. The minimum absolute atomic E-state index is 0.0139. The summed E-state index contributed by atoms with van der Waals surface area (Å²) in [5, 5.41) is 6.08. The molecule has 6 heteroatoms. The molecule has 2 saturated heterocycles. The molecular formula is C19H27N3O3. The van der Waals surface area contributed by atoms with Crippen LogP contribution in [-0.2, 0) is 20.7 Å². The summed E-state index contributed by atoms with van der Waals surface area (Å²) in [6.07, 6.45) is 3.22. The van der Waals surface area contributed by atoms with E-state index in [9.17, 15) is 9.59 Å². The molecular weight excluding hydrogens is 318 g/mol. The fraction of sp³-hybridized carbons (Fsp3) is 0.579. The van der Waals surface area contributed by atoms with Gasteiger partial charge in [0, 0.05) is 32.8 Å². The summed E-state index contributed by atoms with van der Waals surface area (Å²) in [7, 11) is 0. The SMILES string of the molecule is O=C(CC1NCCN(CC2CCCO2)C1=O)NCCc1ccccc1. The molecule has 0 aliphatic carbocycles. The van der Waals surface area contributed by atoms with Gasteiger partial charge >= 0.3 is 0 Å². The van der Waals surface area contributed by atoms with Crippen LogP contribution in [0.4, 0.5) is 0 Å².